The number of hydrogen-bond donors (Lipinski definition) is 1. The molecule has 0 fully saturated rings. The number of thiazole rings is 1. The molecule has 15 heavy (non-hydrogen) atoms. The van der Waals surface area contributed by atoms with Gasteiger partial charge in [0.25, 0.3) is 0 Å². The molecule has 78 valence electrons. The Bertz CT molecular complexity index is 464. The molecule has 0 atom stereocenters. The lowest BCUT2D eigenvalue weighted by atomic mass is 10.2. The van der Waals surface area contributed by atoms with Crippen LogP contribution in [0.1, 0.15) is 5.69 Å². The largest absolute Gasteiger partial charge is 0.240 e. The molecule has 0 unspecified atom stereocenters. The van der Waals surface area contributed by atoms with Crippen LogP contribution >= 0.6 is 35.6 Å². The van der Waals surface area contributed by atoms with Crippen molar-refractivity contribution in [3.8, 4) is 10.6 Å². The molecule has 0 saturated heterocycles. The topological polar surface area (TPSA) is 12.9 Å². The van der Waals surface area contributed by atoms with Crippen molar-refractivity contribution in [1.82, 2.24) is 4.98 Å². The van der Waals surface area contributed by atoms with Crippen LogP contribution in [0.5, 0.6) is 0 Å². The monoisotopic (exact) mass is 259 g/mol. The van der Waals surface area contributed by atoms with Gasteiger partial charge in [-0.05, 0) is 12.1 Å². The van der Waals surface area contributed by atoms with Gasteiger partial charge in [-0.1, -0.05) is 17.7 Å². The molecule has 0 radical (unpaired) electrons. The normalized spacial score (nSPS) is 10.6. The molecule has 0 spiro atoms. The van der Waals surface area contributed by atoms with Crippen LogP contribution in [0.25, 0.3) is 10.6 Å². The molecule has 0 N–H and O–H groups in total. The Kier molecular flexibility index (Phi) is 3.29. The molecule has 1 aromatic carbocycles. The highest BCUT2D eigenvalue weighted by atomic mass is 35.5. The van der Waals surface area contributed by atoms with Gasteiger partial charge in [-0.25, -0.2) is 9.37 Å². The summed E-state index contributed by atoms with van der Waals surface area (Å²) in [6.45, 7) is 0. The molecule has 0 saturated carbocycles. The van der Waals surface area contributed by atoms with Crippen LogP contribution in [0.3, 0.4) is 0 Å². The van der Waals surface area contributed by atoms with E-state index in [1.807, 2.05) is 5.38 Å². The second-order valence-corrected chi connectivity index (χ2v) is 4.48. The number of aromatic nitrogens is 1. The maximum Gasteiger partial charge on any atom is 0.134 e. The molecule has 0 bridgehead atoms. The first-order valence-corrected chi connectivity index (χ1v) is 6.11. The molecule has 0 aliphatic heterocycles. The minimum atomic E-state index is -0.345. The highest BCUT2D eigenvalue weighted by Gasteiger charge is 2.12. The summed E-state index contributed by atoms with van der Waals surface area (Å²) in [6.07, 6.45) is 0. The number of thiol groups is 1. The molecule has 1 nitrogen and oxygen atoms in total. The van der Waals surface area contributed by atoms with E-state index < -0.39 is 0 Å². The Morgan fingerprint density at radius 1 is 1.47 bits per heavy atom. The number of rotatable bonds is 2. The predicted molar refractivity (Wildman–Crippen MR) is 65.2 cm³/mol. The van der Waals surface area contributed by atoms with Crippen molar-refractivity contribution in [2.24, 2.45) is 0 Å². The summed E-state index contributed by atoms with van der Waals surface area (Å²) in [5, 5.41) is 2.84. The Labute approximate surface area is 101 Å². The van der Waals surface area contributed by atoms with E-state index in [1.165, 1.54) is 17.4 Å². The van der Waals surface area contributed by atoms with Crippen molar-refractivity contribution < 1.29 is 4.39 Å². The van der Waals surface area contributed by atoms with Crippen LogP contribution in [0.15, 0.2) is 23.6 Å². The van der Waals surface area contributed by atoms with Crippen molar-refractivity contribution in [3.63, 3.8) is 0 Å². The van der Waals surface area contributed by atoms with Crippen LogP contribution in [0.2, 0.25) is 5.02 Å². The van der Waals surface area contributed by atoms with Crippen LogP contribution in [0.4, 0.5) is 4.39 Å². The first kappa shape index (κ1) is 10.9. The molecule has 1 aromatic heterocycles. The fourth-order valence-electron chi connectivity index (χ4n) is 1.20. The summed E-state index contributed by atoms with van der Waals surface area (Å²) >= 11 is 11.4. The zero-order valence-electron chi connectivity index (χ0n) is 7.58. The van der Waals surface area contributed by atoms with Gasteiger partial charge in [-0.3, -0.25) is 0 Å². The third-order valence-electron chi connectivity index (χ3n) is 1.89. The average Bonchev–Trinajstić information content (AvgIpc) is 2.66. The lowest BCUT2D eigenvalue weighted by molar-refractivity contribution is 0.631. The summed E-state index contributed by atoms with van der Waals surface area (Å²) in [7, 11) is 0. The van der Waals surface area contributed by atoms with Crippen molar-refractivity contribution in [3.05, 3.63) is 40.1 Å². The number of benzene rings is 1. The third-order valence-corrected chi connectivity index (χ3v) is 3.44. The van der Waals surface area contributed by atoms with E-state index in [-0.39, 0.29) is 5.82 Å². The molecular formula is C10H7ClFNS2. The Morgan fingerprint density at radius 3 is 2.87 bits per heavy atom. The Balaban J connectivity index is 2.53. The highest BCUT2D eigenvalue weighted by molar-refractivity contribution is 7.79. The minimum Gasteiger partial charge on any atom is -0.240 e. The first-order chi connectivity index (χ1) is 7.22. The average molecular weight is 260 g/mol. The smallest absolute Gasteiger partial charge is 0.134 e. The van der Waals surface area contributed by atoms with Gasteiger partial charge in [-0.2, -0.15) is 12.6 Å². The molecule has 2 aromatic rings. The van der Waals surface area contributed by atoms with Gasteiger partial charge in [0.05, 0.1) is 16.3 Å². The van der Waals surface area contributed by atoms with Gasteiger partial charge in [-0.15, -0.1) is 11.3 Å². The summed E-state index contributed by atoms with van der Waals surface area (Å²) < 4.78 is 13.5. The fraction of sp³-hybridized carbons (Fsp3) is 0.100. The lowest BCUT2D eigenvalue weighted by Gasteiger charge is -2.00. The van der Waals surface area contributed by atoms with Crippen molar-refractivity contribution in [2.45, 2.75) is 5.75 Å². The van der Waals surface area contributed by atoms with E-state index in [2.05, 4.69) is 17.6 Å². The van der Waals surface area contributed by atoms with E-state index in [0.717, 1.165) is 5.69 Å². The maximum atomic E-state index is 13.5. The Morgan fingerprint density at radius 2 is 2.27 bits per heavy atom. The molecule has 1 heterocycles. The lowest BCUT2D eigenvalue weighted by Crippen LogP contribution is -1.85. The van der Waals surface area contributed by atoms with Crippen LogP contribution in [-0.2, 0) is 5.75 Å². The fourth-order valence-corrected chi connectivity index (χ4v) is 2.67. The summed E-state index contributed by atoms with van der Waals surface area (Å²) in [5.41, 5.74) is 1.20. The molecular weight excluding hydrogens is 253 g/mol. The number of hydrogen-bond acceptors (Lipinski definition) is 3. The molecule has 0 aliphatic rings. The summed E-state index contributed by atoms with van der Waals surface area (Å²) in [4.78, 5) is 4.24. The van der Waals surface area contributed by atoms with Crippen molar-refractivity contribution >= 4 is 35.6 Å². The minimum absolute atomic E-state index is 0.345. The number of halogens is 2. The first-order valence-electron chi connectivity index (χ1n) is 4.22. The summed E-state index contributed by atoms with van der Waals surface area (Å²) in [5.74, 6) is 0.199. The van der Waals surface area contributed by atoms with Crippen molar-refractivity contribution in [2.75, 3.05) is 0 Å². The van der Waals surface area contributed by atoms with Crippen LogP contribution in [-0.4, -0.2) is 4.98 Å². The second-order valence-electron chi connectivity index (χ2n) is 2.90. The van der Waals surface area contributed by atoms with E-state index in [1.54, 1.807) is 12.1 Å². The molecule has 2 rings (SSSR count). The SMILES string of the molecule is Fc1cccc(Cl)c1-c1nc(CS)cs1. The second kappa shape index (κ2) is 4.51. The predicted octanol–water partition coefficient (Wildman–Crippen LogP) is 4.03. The van der Waals surface area contributed by atoms with Gasteiger partial charge in [0, 0.05) is 11.1 Å². The van der Waals surface area contributed by atoms with Gasteiger partial charge < -0.3 is 0 Å². The van der Waals surface area contributed by atoms with E-state index in [0.29, 0.717) is 21.3 Å². The summed E-state index contributed by atoms with van der Waals surface area (Å²) in [6, 6.07) is 4.61. The van der Waals surface area contributed by atoms with Gasteiger partial charge in [0.15, 0.2) is 0 Å². The molecule has 0 aliphatic carbocycles. The molecule has 0 amide bonds. The van der Waals surface area contributed by atoms with E-state index in [9.17, 15) is 4.39 Å². The Hall–Kier alpha value is -0.580. The zero-order valence-corrected chi connectivity index (χ0v) is 10.0. The van der Waals surface area contributed by atoms with Crippen LogP contribution in [0, 0.1) is 5.82 Å². The standard InChI is InChI=1S/C10H7ClFNS2/c11-7-2-1-3-8(12)9(7)10-13-6(4-14)5-15-10/h1-3,5,14H,4H2. The van der Waals surface area contributed by atoms with E-state index in [4.69, 9.17) is 11.6 Å². The van der Waals surface area contributed by atoms with Gasteiger partial charge >= 0.3 is 0 Å². The van der Waals surface area contributed by atoms with Crippen LogP contribution < -0.4 is 0 Å². The zero-order chi connectivity index (χ0) is 10.8. The van der Waals surface area contributed by atoms with E-state index >= 15 is 0 Å². The highest BCUT2D eigenvalue weighted by Crippen LogP contribution is 2.32. The van der Waals surface area contributed by atoms with Gasteiger partial charge in [0.2, 0.25) is 0 Å². The third kappa shape index (κ3) is 2.17. The number of nitrogens with zero attached hydrogens (tertiary/aromatic N) is 1. The quantitative estimate of drug-likeness (QED) is 0.804. The van der Waals surface area contributed by atoms with Crippen molar-refractivity contribution in [1.29, 1.82) is 0 Å². The van der Waals surface area contributed by atoms with Gasteiger partial charge in [0.1, 0.15) is 10.8 Å². The maximum absolute atomic E-state index is 13.5. The molecule has 5 heteroatoms.